The molecule has 0 unspecified atom stereocenters. The molecule has 5 heteroatoms. The van der Waals surface area contributed by atoms with Gasteiger partial charge >= 0.3 is 11.9 Å². The molecule has 208 valence electrons. The van der Waals surface area contributed by atoms with E-state index in [1.807, 2.05) is 38.1 Å². The number of carbonyl (C=O) groups excluding carboxylic acids is 2. The maximum Gasteiger partial charge on any atom is 0.338 e. The van der Waals surface area contributed by atoms with Crippen LogP contribution in [0, 0.1) is 13.8 Å². The van der Waals surface area contributed by atoms with Gasteiger partial charge in [0, 0.05) is 6.42 Å². The quantitative estimate of drug-likeness (QED) is 0.154. The Hall–Kier alpha value is -4.74. The standard InChI is InChI=1S/C37H30O5/c1-22-6-10-27(11-7-22)36(38)40-21-33-32(42-37(39)28-12-8-23(2)9-13-28)20-31(41-33)29-18-16-26-15-14-24-4-3-5-25-17-19-30(29)35(26)34(24)25/h3-19,31-33H,20-21H2,1-2H3/t31-,32+,33-/m1/s1. The highest BCUT2D eigenvalue weighted by Crippen LogP contribution is 2.42. The molecular formula is C37H30O5. The van der Waals surface area contributed by atoms with E-state index in [4.69, 9.17) is 14.2 Å². The molecule has 5 nitrogen and oxygen atoms in total. The van der Waals surface area contributed by atoms with Crippen molar-refractivity contribution >= 4 is 44.3 Å². The number of carbonyl (C=O) groups is 2. The molecule has 1 heterocycles. The molecular weight excluding hydrogens is 524 g/mol. The Kier molecular flexibility index (Phi) is 6.60. The first-order chi connectivity index (χ1) is 20.4. The van der Waals surface area contributed by atoms with E-state index in [0.717, 1.165) is 22.1 Å². The largest absolute Gasteiger partial charge is 0.459 e. The number of aryl methyl sites for hydroxylation is 2. The van der Waals surface area contributed by atoms with E-state index >= 15 is 0 Å². The summed E-state index contributed by atoms with van der Waals surface area (Å²) < 4.78 is 18.3. The minimum atomic E-state index is -0.614. The Bertz CT molecular complexity index is 1910. The van der Waals surface area contributed by atoms with E-state index in [1.54, 1.807) is 24.3 Å². The van der Waals surface area contributed by atoms with Crippen molar-refractivity contribution in [2.24, 2.45) is 0 Å². The third-order valence-corrected chi connectivity index (χ3v) is 8.32. The lowest BCUT2D eigenvalue weighted by molar-refractivity contribution is -0.0425. The monoisotopic (exact) mass is 554 g/mol. The van der Waals surface area contributed by atoms with Gasteiger partial charge in [-0.25, -0.2) is 9.59 Å². The summed E-state index contributed by atoms with van der Waals surface area (Å²) in [6, 6.07) is 33.7. The minimum Gasteiger partial charge on any atom is -0.459 e. The highest BCUT2D eigenvalue weighted by atomic mass is 16.6. The fraction of sp³-hybridized carbons (Fsp3) is 0.189. The molecule has 1 aliphatic rings. The van der Waals surface area contributed by atoms with E-state index in [0.29, 0.717) is 17.5 Å². The molecule has 0 bridgehead atoms. The Labute approximate surface area is 244 Å². The molecule has 6 aromatic rings. The summed E-state index contributed by atoms with van der Waals surface area (Å²) in [5, 5.41) is 7.11. The van der Waals surface area contributed by atoms with Gasteiger partial charge in [0.05, 0.1) is 17.2 Å². The molecule has 3 atom stereocenters. The van der Waals surface area contributed by atoms with Gasteiger partial charge in [-0.2, -0.15) is 0 Å². The molecule has 6 aromatic carbocycles. The second-order valence-electron chi connectivity index (χ2n) is 11.2. The summed E-state index contributed by atoms with van der Waals surface area (Å²) in [7, 11) is 0. The summed E-state index contributed by atoms with van der Waals surface area (Å²) in [4.78, 5) is 26.0. The third-order valence-electron chi connectivity index (χ3n) is 8.32. The van der Waals surface area contributed by atoms with E-state index in [9.17, 15) is 9.59 Å². The van der Waals surface area contributed by atoms with E-state index < -0.39 is 24.1 Å². The normalized spacial score (nSPS) is 18.6. The van der Waals surface area contributed by atoms with Crippen LogP contribution in [0.3, 0.4) is 0 Å². The SMILES string of the molecule is Cc1ccc(C(=O)OC[C@H]2O[C@@H](c3ccc4ccc5cccc6ccc3c4c56)C[C@@H]2OC(=O)c2ccc(C)cc2)cc1. The van der Waals surface area contributed by atoms with Crippen molar-refractivity contribution in [1.29, 1.82) is 0 Å². The van der Waals surface area contributed by atoms with Gasteiger partial charge in [0.15, 0.2) is 0 Å². The number of rotatable bonds is 6. The molecule has 1 aliphatic heterocycles. The molecule has 0 spiro atoms. The van der Waals surface area contributed by atoms with Crippen LogP contribution in [-0.2, 0) is 14.2 Å². The van der Waals surface area contributed by atoms with Crippen molar-refractivity contribution in [2.45, 2.75) is 38.6 Å². The smallest absolute Gasteiger partial charge is 0.338 e. The van der Waals surface area contributed by atoms with Gasteiger partial charge in [0.2, 0.25) is 0 Å². The molecule has 42 heavy (non-hydrogen) atoms. The van der Waals surface area contributed by atoms with Crippen molar-refractivity contribution in [3.63, 3.8) is 0 Å². The molecule has 1 fully saturated rings. The molecule has 0 N–H and O–H groups in total. The van der Waals surface area contributed by atoms with Gasteiger partial charge in [-0.05, 0) is 76.0 Å². The van der Waals surface area contributed by atoms with Crippen LogP contribution in [0.2, 0.25) is 0 Å². The van der Waals surface area contributed by atoms with Crippen molar-refractivity contribution < 1.29 is 23.8 Å². The van der Waals surface area contributed by atoms with Crippen LogP contribution < -0.4 is 0 Å². The Morgan fingerprint density at radius 2 is 1.26 bits per heavy atom. The van der Waals surface area contributed by atoms with Crippen molar-refractivity contribution in [2.75, 3.05) is 6.61 Å². The first kappa shape index (κ1) is 26.2. The zero-order valence-electron chi connectivity index (χ0n) is 23.5. The van der Waals surface area contributed by atoms with Crippen LogP contribution in [0.25, 0.3) is 32.3 Å². The molecule has 7 rings (SSSR count). The van der Waals surface area contributed by atoms with E-state index in [-0.39, 0.29) is 12.7 Å². The van der Waals surface area contributed by atoms with Crippen LogP contribution in [0.1, 0.15) is 49.9 Å². The fourth-order valence-electron chi connectivity index (χ4n) is 6.05. The van der Waals surface area contributed by atoms with Crippen LogP contribution in [0.4, 0.5) is 0 Å². The lowest BCUT2D eigenvalue weighted by Crippen LogP contribution is -2.32. The minimum absolute atomic E-state index is 0.0269. The second-order valence-corrected chi connectivity index (χ2v) is 11.2. The predicted octanol–water partition coefficient (Wildman–Crippen LogP) is 8.11. The van der Waals surface area contributed by atoms with Gasteiger partial charge in [-0.3, -0.25) is 0 Å². The number of hydrogen-bond donors (Lipinski definition) is 0. The van der Waals surface area contributed by atoms with Gasteiger partial charge < -0.3 is 14.2 Å². The Balaban J connectivity index is 1.20. The molecule has 0 saturated carbocycles. The van der Waals surface area contributed by atoms with Crippen LogP contribution in [0.5, 0.6) is 0 Å². The van der Waals surface area contributed by atoms with Crippen molar-refractivity contribution in [1.82, 2.24) is 0 Å². The topological polar surface area (TPSA) is 61.8 Å². The zero-order chi connectivity index (χ0) is 28.8. The number of benzene rings is 6. The zero-order valence-corrected chi connectivity index (χ0v) is 23.5. The van der Waals surface area contributed by atoms with Gasteiger partial charge in [-0.15, -0.1) is 0 Å². The average Bonchev–Trinajstić information content (AvgIpc) is 3.41. The number of esters is 2. The predicted molar refractivity (Wildman–Crippen MR) is 164 cm³/mol. The third kappa shape index (κ3) is 4.76. The van der Waals surface area contributed by atoms with Crippen LogP contribution in [0.15, 0.2) is 103 Å². The van der Waals surface area contributed by atoms with E-state index in [1.165, 1.54) is 26.9 Å². The van der Waals surface area contributed by atoms with Gasteiger partial charge in [0.25, 0.3) is 0 Å². The molecule has 0 aromatic heterocycles. The summed E-state index contributed by atoms with van der Waals surface area (Å²) in [6.07, 6.45) is -1.09. The van der Waals surface area contributed by atoms with Crippen LogP contribution in [-0.4, -0.2) is 30.8 Å². The first-order valence-electron chi connectivity index (χ1n) is 14.3. The highest BCUT2D eigenvalue weighted by molar-refractivity contribution is 6.23. The molecule has 0 aliphatic carbocycles. The number of hydrogen-bond acceptors (Lipinski definition) is 5. The lowest BCUT2D eigenvalue weighted by Gasteiger charge is -2.19. The highest BCUT2D eigenvalue weighted by Gasteiger charge is 2.40. The van der Waals surface area contributed by atoms with Crippen LogP contribution >= 0.6 is 0 Å². The maximum atomic E-state index is 13.1. The lowest BCUT2D eigenvalue weighted by atomic mass is 9.90. The maximum absolute atomic E-state index is 13.1. The van der Waals surface area contributed by atoms with Gasteiger partial charge in [-0.1, -0.05) is 90.0 Å². The Morgan fingerprint density at radius 1 is 0.690 bits per heavy atom. The fourth-order valence-corrected chi connectivity index (χ4v) is 6.05. The van der Waals surface area contributed by atoms with Crippen molar-refractivity contribution in [3.05, 3.63) is 131 Å². The summed E-state index contributed by atoms with van der Waals surface area (Å²) in [6.45, 7) is 3.91. The first-order valence-corrected chi connectivity index (χ1v) is 14.3. The molecule has 1 saturated heterocycles. The summed E-state index contributed by atoms with van der Waals surface area (Å²) >= 11 is 0. The second kappa shape index (κ2) is 10.6. The molecule has 0 amide bonds. The van der Waals surface area contributed by atoms with E-state index in [2.05, 4.69) is 54.6 Å². The average molecular weight is 555 g/mol. The summed E-state index contributed by atoms with van der Waals surface area (Å²) in [5.41, 5.74) is 4.09. The van der Waals surface area contributed by atoms with Gasteiger partial charge in [0.1, 0.15) is 18.8 Å². The van der Waals surface area contributed by atoms with Crippen molar-refractivity contribution in [3.8, 4) is 0 Å². The number of ether oxygens (including phenoxy) is 3. The Morgan fingerprint density at radius 3 is 1.93 bits per heavy atom. The molecule has 0 radical (unpaired) electrons. The summed E-state index contributed by atoms with van der Waals surface area (Å²) in [5.74, 6) is -0.858.